The van der Waals surface area contributed by atoms with Gasteiger partial charge in [0.1, 0.15) is 16.8 Å². The molecule has 146 valence electrons. The first-order valence-electron chi connectivity index (χ1n) is 9.41. The van der Waals surface area contributed by atoms with Crippen molar-refractivity contribution in [3.05, 3.63) is 52.0 Å². The number of aromatic nitrogens is 5. The van der Waals surface area contributed by atoms with E-state index in [0.29, 0.717) is 11.0 Å². The molecule has 0 aromatic carbocycles. The number of pyridine rings is 1. The molecule has 1 aliphatic rings. The monoisotopic (exact) mass is 396 g/mol. The highest BCUT2D eigenvalue weighted by Crippen LogP contribution is 2.37. The molecule has 0 fully saturated rings. The van der Waals surface area contributed by atoms with Gasteiger partial charge in [0.25, 0.3) is 0 Å². The number of rotatable bonds is 2. The average molecular weight is 397 g/mol. The molecule has 0 N–H and O–H groups in total. The maximum absolute atomic E-state index is 6.34. The molecule has 0 aliphatic carbocycles. The minimum atomic E-state index is -0.103. The van der Waals surface area contributed by atoms with Crippen LogP contribution in [0, 0.1) is 20.8 Å². The second kappa shape index (κ2) is 6.55. The number of aryl methyl sites for hydroxylation is 3. The smallest absolute Gasteiger partial charge is 0.137 e. The first kappa shape index (κ1) is 18.9. The summed E-state index contributed by atoms with van der Waals surface area (Å²) in [5, 5.41) is 4.99. The molecule has 0 amide bonds. The van der Waals surface area contributed by atoms with Crippen molar-refractivity contribution in [1.82, 2.24) is 24.7 Å². The topological polar surface area (TPSA) is 59.7 Å². The van der Waals surface area contributed by atoms with Crippen molar-refractivity contribution >= 4 is 17.4 Å². The van der Waals surface area contributed by atoms with Gasteiger partial charge in [-0.25, -0.2) is 9.97 Å². The van der Waals surface area contributed by atoms with Crippen molar-refractivity contribution < 1.29 is 0 Å². The lowest BCUT2D eigenvalue weighted by atomic mass is 9.81. The highest BCUT2D eigenvalue weighted by molar-refractivity contribution is 6.30. The fourth-order valence-corrected chi connectivity index (χ4v) is 4.33. The lowest BCUT2D eigenvalue weighted by molar-refractivity contribution is 0.459. The van der Waals surface area contributed by atoms with Crippen LogP contribution in [0.2, 0.25) is 5.15 Å². The fourth-order valence-electron chi connectivity index (χ4n) is 4.12. The van der Waals surface area contributed by atoms with Crippen LogP contribution in [-0.2, 0) is 19.0 Å². The molecule has 0 atom stereocenters. The molecule has 0 spiro atoms. The molecule has 4 rings (SSSR count). The Bertz CT molecular complexity index is 1070. The Kier molecular flexibility index (Phi) is 4.42. The zero-order chi connectivity index (χ0) is 20.2. The van der Waals surface area contributed by atoms with Crippen LogP contribution in [0.1, 0.15) is 42.2 Å². The van der Waals surface area contributed by atoms with Gasteiger partial charge in [-0.1, -0.05) is 25.4 Å². The van der Waals surface area contributed by atoms with Crippen LogP contribution in [0.3, 0.4) is 0 Å². The van der Waals surface area contributed by atoms with E-state index in [1.165, 1.54) is 5.56 Å². The highest BCUT2D eigenvalue weighted by Gasteiger charge is 2.35. The highest BCUT2D eigenvalue weighted by atomic mass is 35.5. The summed E-state index contributed by atoms with van der Waals surface area (Å²) in [6.07, 6.45) is 4.01. The van der Waals surface area contributed by atoms with Gasteiger partial charge in [-0.2, -0.15) is 5.10 Å². The van der Waals surface area contributed by atoms with Gasteiger partial charge in [-0.05, 0) is 32.4 Å². The third kappa shape index (κ3) is 3.15. The third-order valence-electron chi connectivity index (χ3n) is 5.35. The number of halogens is 1. The molecule has 4 heterocycles. The van der Waals surface area contributed by atoms with Crippen LogP contribution >= 0.6 is 11.6 Å². The molecule has 28 heavy (non-hydrogen) atoms. The van der Waals surface area contributed by atoms with Gasteiger partial charge in [0.05, 0.1) is 11.4 Å². The molecule has 0 bridgehead atoms. The number of fused-ring (bicyclic) bond motifs is 1. The number of hydrogen-bond acceptors (Lipinski definition) is 5. The second-order valence-electron chi connectivity index (χ2n) is 8.28. The van der Waals surface area contributed by atoms with E-state index in [9.17, 15) is 0 Å². The Morgan fingerprint density at radius 2 is 1.89 bits per heavy atom. The van der Waals surface area contributed by atoms with Crippen molar-refractivity contribution in [2.24, 2.45) is 7.05 Å². The molecular weight excluding hydrogens is 372 g/mol. The molecule has 0 unspecified atom stereocenters. The molecule has 3 aromatic rings. The van der Waals surface area contributed by atoms with E-state index < -0.39 is 0 Å². The zero-order valence-corrected chi connectivity index (χ0v) is 18.0. The van der Waals surface area contributed by atoms with E-state index in [-0.39, 0.29) is 5.41 Å². The van der Waals surface area contributed by atoms with Crippen LogP contribution in [0.5, 0.6) is 0 Å². The molecule has 0 saturated heterocycles. The zero-order valence-electron chi connectivity index (χ0n) is 17.2. The summed E-state index contributed by atoms with van der Waals surface area (Å²) in [5.41, 5.74) is 6.38. The Labute approximate surface area is 170 Å². The largest absolute Gasteiger partial charge is 0.351 e. The van der Waals surface area contributed by atoms with E-state index in [4.69, 9.17) is 21.6 Å². The average Bonchev–Trinajstić information content (AvgIpc) is 2.95. The standard InChI is InChI=1S/C21H25ClN6/c1-12-19(22)24-14(3)25-20(12)28-9-16-7-15(17-10-27(6)26-13(17)2)8-23-18(16)21(4,5)11-28/h7-8,10H,9,11H2,1-6H3. The van der Waals surface area contributed by atoms with Crippen molar-refractivity contribution in [2.75, 3.05) is 11.4 Å². The Morgan fingerprint density at radius 3 is 2.57 bits per heavy atom. The quantitative estimate of drug-likeness (QED) is 0.609. The maximum Gasteiger partial charge on any atom is 0.137 e. The van der Waals surface area contributed by atoms with Gasteiger partial charge in [0, 0.05) is 54.6 Å². The van der Waals surface area contributed by atoms with Crippen molar-refractivity contribution in [3.8, 4) is 11.1 Å². The van der Waals surface area contributed by atoms with Gasteiger partial charge in [0.2, 0.25) is 0 Å². The number of nitrogens with zero attached hydrogens (tertiary/aromatic N) is 6. The second-order valence-corrected chi connectivity index (χ2v) is 8.64. The van der Waals surface area contributed by atoms with Gasteiger partial charge in [0.15, 0.2) is 0 Å². The number of hydrogen-bond donors (Lipinski definition) is 0. The Morgan fingerprint density at radius 1 is 1.14 bits per heavy atom. The first-order valence-corrected chi connectivity index (χ1v) is 9.79. The van der Waals surface area contributed by atoms with Crippen molar-refractivity contribution in [3.63, 3.8) is 0 Å². The molecule has 0 saturated carbocycles. The lowest BCUT2D eigenvalue weighted by Crippen LogP contribution is -2.43. The summed E-state index contributed by atoms with van der Waals surface area (Å²) in [6.45, 7) is 11.9. The van der Waals surface area contributed by atoms with Crippen LogP contribution in [0.4, 0.5) is 5.82 Å². The minimum Gasteiger partial charge on any atom is -0.351 e. The lowest BCUT2D eigenvalue weighted by Gasteiger charge is -2.40. The summed E-state index contributed by atoms with van der Waals surface area (Å²) in [5.74, 6) is 1.59. The molecule has 7 heteroatoms. The van der Waals surface area contributed by atoms with E-state index >= 15 is 0 Å². The van der Waals surface area contributed by atoms with E-state index in [0.717, 1.165) is 47.0 Å². The van der Waals surface area contributed by atoms with Crippen molar-refractivity contribution in [2.45, 2.75) is 46.6 Å². The van der Waals surface area contributed by atoms with E-state index in [2.05, 4.69) is 34.9 Å². The van der Waals surface area contributed by atoms with E-state index in [1.807, 2.05) is 44.9 Å². The predicted octanol–water partition coefficient (Wildman–Crippen LogP) is 4.15. The Balaban J connectivity index is 1.80. The van der Waals surface area contributed by atoms with Crippen LogP contribution in [0.25, 0.3) is 11.1 Å². The summed E-state index contributed by atoms with van der Waals surface area (Å²) in [4.78, 5) is 16.1. The number of anilines is 1. The summed E-state index contributed by atoms with van der Waals surface area (Å²) < 4.78 is 1.84. The van der Waals surface area contributed by atoms with E-state index in [1.54, 1.807) is 0 Å². The van der Waals surface area contributed by atoms with Gasteiger partial charge < -0.3 is 4.90 Å². The van der Waals surface area contributed by atoms with Crippen LogP contribution in [-0.4, -0.2) is 31.3 Å². The van der Waals surface area contributed by atoms with Gasteiger partial charge in [-0.15, -0.1) is 0 Å². The molecular formula is C21H25ClN6. The van der Waals surface area contributed by atoms with Crippen LogP contribution < -0.4 is 4.90 Å². The van der Waals surface area contributed by atoms with Crippen molar-refractivity contribution in [1.29, 1.82) is 0 Å². The fraction of sp³-hybridized carbons (Fsp3) is 0.429. The maximum atomic E-state index is 6.34. The predicted molar refractivity (Wildman–Crippen MR) is 112 cm³/mol. The summed E-state index contributed by atoms with van der Waals surface area (Å²) >= 11 is 6.34. The SMILES string of the molecule is Cc1nc(Cl)c(C)c(N2Cc3cc(-c4cn(C)nc4C)cnc3C(C)(C)C2)n1. The van der Waals surface area contributed by atoms with Gasteiger partial charge >= 0.3 is 0 Å². The Hall–Kier alpha value is -2.47. The summed E-state index contributed by atoms with van der Waals surface area (Å²) in [6, 6.07) is 2.24. The molecule has 1 aliphatic heterocycles. The third-order valence-corrected chi connectivity index (χ3v) is 5.72. The minimum absolute atomic E-state index is 0.103. The molecule has 6 nitrogen and oxygen atoms in total. The normalized spacial score (nSPS) is 15.6. The van der Waals surface area contributed by atoms with Gasteiger partial charge in [-0.3, -0.25) is 9.67 Å². The summed E-state index contributed by atoms with van der Waals surface area (Å²) in [7, 11) is 1.94. The van der Waals surface area contributed by atoms with Crippen LogP contribution in [0.15, 0.2) is 18.5 Å². The molecule has 3 aromatic heterocycles. The first-order chi connectivity index (χ1) is 13.2. The molecule has 0 radical (unpaired) electrons.